The molecule has 5 N–H and O–H groups in total. The molecule has 32 heavy (non-hydrogen) atoms. The number of hydrogen-bond acceptors (Lipinski definition) is 8. The van der Waals surface area contributed by atoms with Crippen molar-refractivity contribution in [2.45, 2.75) is 38.5 Å². The molecule has 0 bridgehead atoms. The number of amides is 1. The maximum Gasteiger partial charge on any atom is 0.226 e. The van der Waals surface area contributed by atoms with Gasteiger partial charge in [0.1, 0.15) is 11.5 Å². The maximum absolute atomic E-state index is 13.4. The summed E-state index contributed by atoms with van der Waals surface area (Å²) in [7, 11) is 0. The van der Waals surface area contributed by atoms with Crippen LogP contribution in [0.3, 0.4) is 0 Å². The molecular weight excluding hydrogens is 485 g/mol. The summed E-state index contributed by atoms with van der Waals surface area (Å²) in [6.07, 6.45) is 4.66. The second kappa shape index (κ2) is 11.6. The lowest BCUT2D eigenvalue weighted by Crippen LogP contribution is -2.38. The number of carbonyl (C=O) groups is 1. The molecule has 0 atom stereocenters. The fourth-order valence-corrected chi connectivity index (χ4v) is 3.61. The Morgan fingerprint density at radius 3 is 2.88 bits per heavy atom. The number of halogens is 2. The van der Waals surface area contributed by atoms with Crippen molar-refractivity contribution in [2.24, 2.45) is 21.8 Å². The minimum Gasteiger partial charge on any atom is -0.411 e. The van der Waals surface area contributed by atoms with E-state index in [1.807, 2.05) is 0 Å². The van der Waals surface area contributed by atoms with E-state index in [2.05, 4.69) is 47.0 Å². The number of aromatic nitrogens is 2. The van der Waals surface area contributed by atoms with Gasteiger partial charge in [-0.2, -0.15) is 0 Å². The molecule has 0 saturated heterocycles. The van der Waals surface area contributed by atoms with E-state index in [4.69, 9.17) is 10.4 Å². The predicted octanol–water partition coefficient (Wildman–Crippen LogP) is 2.82. The van der Waals surface area contributed by atoms with Crippen LogP contribution in [0.5, 0.6) is 0 Å². The Morgan fingerprint density at radius 1 is 1.38 bits per heavy atom. The van der Waals surface area contributed by atoms with Crippen LogP contribution in [0, 0.1) is 11.7 Å². The Balaban J connectivity index is 1.45. The first-order valence-electron chi connectivity index (χ1n) is 10.3. The summed E-state index contributed by atoms with van der Waals surface area (Å²) in [6, 6.07) is 4.49. The van der Waals surface area contributed by atoms with Crippen molar-refractivity contribution in [3.05, 3.63) is 39.7 Å². The molecule has 1 fully saturated rings. The molecule has 172 valence electrons. The highest BCUT2D eigenvalue weighted by molar-refractivity contribution is 9.10. The van der Waals surface area contributed by atoms with Crippen LogP contribution < -0.4 is 16.4 Å². The molecule has 1 aromatic heterocycles. The highest BCUT2D eigenvalue weighted by atomic mass is 79.9. The third-order valence-electron chi connectivity index (χ3n) is 5.11. The van der Waals surface area contributed by atoms with Crippen LogP contribution in [0.1, 0.15) is 43.4 Å². The van der Waals surface area contributed by atoms with Crippen molar-refractivity contribution in [3.63, 3.8) is 0 Å². The Hall–Kier alpha value is -3.02. The number of nitrogens with zero attached hydrogens (tertiary/aromatic N) is 4. The Kier molecular flexibility index (Phi) is 8.54. The van der Waals surface area contributed by atoms with E-state index in [1.54, 1.807) is 12.1 Å². The number of hydrogen-bond donors (Lipinski definition) is 4. The van der Waals surface area contributed by atoms with Gasteiger partial charge in [0.15, 0.2) is 17.5 Å². The normalized spacial score (nSPS) is 14.8. The molecule has 1 aliphatic rings. The number of aliphatic imine (C=N–C) groups is 1. The quantitative estimate of drug-likeness (QED) is 0.126. The van der Waals surface area contributed by atoms with Crippen LogP contribution in [0.4, 0.5) is 10.2 Å². The van der Waals surface area contributed by atoms with Gasteiger partial charge in [-0.25, -0.2) is 9.02 Å². The summed E-state index contributed by atoms with van der Waals surface area (Å²) in [4.78, 5) is 16.0. The van der Waals surface area contributed by atoms with E-state index in [1.165, 1.54) is 12.5 Å². The van der Waals surface area contributed by atoms with Crippen LogP contribution >= 0.6 is 15.9 Å². The van der Waals surface area contributed by atoms with Crippen LogP contribution in [0.15, 0.2) is 37.4 Å². The number of nitrogens with one attached hydrogen (secondary N) is 2. The molecule has 1 aromatic carbocycles. The summed E-state index contributed by atoms with van der Waals surface area (Å²) in [5.41, 5.74) is 6.92. The number of carbonyl (C=O) groups excluding carboxylic acids is 1. The molecule has 2 aromatic rings. The number of rotatable bonds is 10. The van der Waals surface area contributed by atoms with Gasteiger partial charge in [0.05, 0.1) is 4.47 Å². The van der Waals surface area contributed by atoms with Gasteiger partial charge in [-0.15, -0.1) is 0 Å². The topological polar surface area (TPSA) is 151 Å². The van der Waals surface area contributed by atoms with Gasteiger partial charge >= 0.3 is 0 Å². The number of oxime groups is 1. The van der Waals surface area contributed by atoms with Gasteiger partial charge in [0.2, 0.25) is 5.91 Å². The van der Waals surface area contributed by atoms with E-state index < -0.39 is 0 Å². The van der Waals surface area contributed by atoms with E-state index in [9.17, 15) is 14.4 Å². The van der Waals surface area contributed by atoms with E-state index in [0.717, 1.165) is 12.8 Å². The van der Waals surface area contributed by atoms with Crippen LogP contribution in [-0.2, 0) is 11.2 Å². The first-order valence-corrected chi connectivity index (χ1v) is 11.1. The highest BCUT2D eigenvalue weighted by Gasteiger charge is 2.21. The number of nitrogens with two attached hydrogens (primary N) is 1. The summed E-state index contributed by atoms with van der Waals surface area (Å²) in [6.45, 7) is 0.864. The minimum absolute atomic E-state index is 0.101. The number of anilines is 1. The lowest BCUT2D eigenvalue weighted by molar-refractivity contribution is -0.121. The third-order valence-corrected chi connectivity index (χ3v) is 5.72. The van der Waals surface area contributed by atoms with E-state index in [0.29, 0.717) is 47.7 Å². The average molecular weight is 510 g/mol. The Morgan fingerprint density at radius 2 is 2.19 bits per heavy atom. The van der Waals surface area contributed by atoms with Gasteiger partial charge in [0, 0.05) is 25.9 Å². The molecule has 12 heteroatoms. The average Bonchev–Trinajstić information content (AvgIpc) is 3.19. The minimum atomic E-state index is -0.386. The second-order valence-corrected chi connectivity index (χ2v) is 8.38. The zero-order chi connectivity index (χ0) is 22.9. The molecule has 0 aliphatic heterocycles. The molecule has 0 spiro atoms. The van der Waals surface area contributed by atoms with Crippen molar-refractivity contribution in [1.29, 1.82) is 0 Å². The summed E-state index contributed by atoms with van der Waals surface area (Å²) in [5, 5.41) is 26.0. The SMILES string of the molecule is NC(=NCCCNc1nonc1/C(Cc1ccc(F)c(Br)c1)=N/O)NC(=O)CC1CCC1. The molecule has 0 unspecified atom stereocenters. The molecule has 3 rings (SSSR count). The monoisotopic (exact) mass is 509 g/mol. The van der Waals surface area contributed by atoms with Crippen LogP contribution in [0.2, 0.25) is 0 Å². The lowest BCUT2D eigenvalue weighted by Gasteiger charge is -2.24. The third kappa shape index (κ3) is 6.74. The highest BCUT2D eigenvalue weighted by Crippen LogP contribution is 2.29. The van der Waals surface area contributed by atoms with Gasteiger partial charge in [0.25, 0.3) is 0 Å². The van der Waals surface area contributed by atoms with Gasteiger partial charge in [-0.05, 0) is 69.1 Å². The number of benzene rings is 1. The van der Waals surface area contributed by atoms with Crippen molar-refractivity contribution in [1.82, 2.24) is 15.6 Å². The smallest absolute Gasteiger partial charge is 0.226 e. The van der Waals surface area contributed by atoms with Crippen molar-refractivity contribution >= 4 is 39.3 Å². The molecule has 1 heterocycles. The molecule has 10 nitrogen and oxygen atoms in total. The lowest BCUT2D eigenvalue weighted by atomic mass is 9.83. The fourth-order valence-electron chi connectivity index (χ4n) is 3.18. The predicted molar refractivity (Wildman–Crippen MR) is 120 cm³/mol. The largest absolute Gasteiger partial charge is 0.411 e. The van der Waals surface area contributed by atoms with Crippen molar-refractivity contribution in [3.8, 4) is 0 Å². The fraction of sp³-hybridized carbons (Fsp3) is 0.450. The summed E-state index contributed by atoms with van der Waals surface area (Å²) >= 11 is 3.13. The standard InChI is InChI=1S/C20H25BrFN7O3/c21-14-9-13(5-6-15(14)22)10-16(27-31)18-19(29-32-28-18)24-7-2-8-25-20(23)26-17(30)11-12-3-1-4-12/h5-6,9,12,31H,1-4,7-8,10-11H2,(H,24,29)(H3,23,25,26,30)/b27-16+. The van der Waals surface area contributed by atoms with E-state index in [-0.39, 0.29) is 35.5 Å². The maximum atomic E-state index is 13.4. The summed E-state index contributed by atoms with van der Waals surface area (Å²) in [5.74, 6) is 0.400. The van der Waals surface area contributed by atoms with Gasteiger partial charge in [-0.3, -0.25) is 15.1 Å². The van der Waals surface area contributed by atoms with Crippen molar-refractivity contribution < 1.29 is 19.0 Å². The molecule has 1 amide bonds. The van der Waals surface area contributed by atoms with Crippen LogP contribution in [0.25, 0.3) is 0 Å². The molecule has 1 saturated carbocycles. The zero-order valence-corrected chi connectivity index (χ0v) is 18.9. The zero-order valence-electron chi connectivity index (χ0n) is 17.4. The molecular formula is C20H25BrFN7O3. The van der Waals surface area contributed by atoms with Gasteiger partial charge < -0.3 is 16.3 Å². The van der Waals surface area contributed by atoms with E-state index >= 15 is 0 Å². The first kappa shape index (κ1) is 23.6. The summed E-state index contributed by atoms with van der Waals surface area (Å²) < 4.78 is 18.5. The Bertz CT molecular complexity index is 991. The Labute approximate surface area is 192 Å². The number of guanidine groups is 1. The van der Waals surface area contributed by atoms with Crippen LogP contribution in [-0.4, -0.2) is 46.2 Å². The first-order chi connectivity index (χ1) is 15.5. The second-order valence-electron chi connectivity index (χ2n) is 7.53. The van der Waals surface area contributed by atoms with Crippen molar-refractivity contribution in [2.75, 3.05) is 18.4 Å². The molecule has 1 aliphatic carbocycles. The van der Waals surface area contributed by atoms with Gasteiger partial charge in [-0.1, -0.05) is 17.6 Å². The molecule has 0 radical (unpaired) electrons.